The number of nitrogens with zero attached hydrogens (tertiary/aromatic N) is 6. The maximum Gasteiger partial charge on any atom is 0.412 e. The Morgan fingerprint density at radius 2 is 1.62 bits per heavy atom. The van der Waals surface area contributed by atoms with Gasteiger partial charge in [-0.05, 0) is 69.9 Å². The van der Waals surface area contributed by atoms with Gasteiger partial charge in [-0.15, -0.1) is 0 Å². The zero-order chi connectivity index (χ0) is 35.3. The summed E-state index contributed by atoms with van der Waals surface area (Å²) in [4.78, 5) is 50.0. The molecule has 0 aliphatic carbocycles. The zero-order valence-electron chi connectivity index (χ0n) is 29.4. The van der Waals surface area contributed by atoms with Crippen molar-refractivity contribution in [1.82, 2.24) is 19.5 Å². The van der Waals surface area contributed by atoms with Crippen molar-refractivity contribution in [3.05, 3.63) is 83.8 Å². The van der Waals surface area contributed by atoms with E-state index >= 15 is 0 Å². The number of carbonyl (C=O) groups is 3. The second-order valence-corrected chi connectivity index (χ2v) is 15.2. The van der Waals surface area contributed by atoms with Crippen molar-refractivity contribution in [1.29, 1.82) is 0 Å². The molecule has 1 spiro atoms. The van der Waals surface area contributed by atoms with Gasteiger partial charge >= 0.3 is 12.1 Å². The van der Waals surface area contributed by atoms with Crippen LogP contribution in [0.1, 0.15) is 73.5 Å². The number of methoxy groups -OCH3 is 1. The molecule has 4 aromatic rings. The van der Waals surface area contributed by atoms with E-state index in [4.69, 9.17) is 14.6 Å². The van der Waals surface area contributed by atoms with E-state index in [1.807, 2.05) is 56.1 Å². The minimum Gasteiger partial charge on any atom is -0.464 e. The van der Waals surface area contributed by atoms with Gasteiger partial charge in [-0.25, -0.2) is 19.1 Å². The summed E-state index contributed by atoms with van der Waals surface area (Å²) >= 11 is 0. The van der Waals surface area contributed by atoms with E-state index in [0.717, 1.165) is 56.9 Å². The second-order valence-electron chi connectivity index (χ2n) is 15.2. The summed E-state index contributed by atoms with van der Waals surface area (Å²) < 4.78 is 12.2. The third-order valence-corrected chi connectivity index (χ3v) is 10.3. The smallest absolute Gasteiger partial charge is 0.412 e. The third-order valence-electron chi connectivity index (χ3n) is 10.3. The first kappa shape index (κ1) is 33.4. The number of esters is 1. The highest BCUT2D eigenvalue weighted by molar-refractivity contribution is 5.97. The standard InChI is InChI=1S/C38H45N7O5/c1-36(2,3)50-35(48)40-29-20-27(42-17-14-37(4,23-42)26-10-7-6-8-11-26)22-45-31(29)21-30(41-45)33(46)44-19-16-38(25-44)15-18-43(24-38)32-13-9-12-28(39-32)34(47)49-5/h6-13,20-22H,14-19,23-25H2,1-5H3,(H,40,48)/t37-,38+/m0/s1. The van der Waals surface area contributed by atoms with Crippen molar-refractivity contribution in [2.45, 2.75) is 58.0 Å². The number of amides is 2. The molecule has 3 saturated heterocycles. The molecule has 7 rings (SSSR count). The quantitative estimate of drug-likeness (QED) is 0.253. The molecule has 262 valence electrons. The topological polar surface area (TPSA) is 122 Å². The molecule has 3 aliphatic rings. The Kier molecular flexibility index (Phi) is 8.44. The lowest BCUT2D eigenvalue weighted by atomic mass is 9.82. The highest BCUT2D eigenvalue weighted by atomic mass is 16.6. The molecule has 3 fully saturated rings. The fourth-order valence-electron chi connectivity index (χ4n) is 7.68. The summed E-state index contributed by atoms with van der Waals surface area (Å²) in [5.74, 6) is 0.128. The fraction of sp³-hybridized carbons (Fsp3) is 0.447. The highest BCUT2D eigenvalue weighted by Crippen LogP contribution is 2.42. The van der Waals surface area contributed by atoms with Crippen LogP contribution in [0.15, 0.2) is 66.9 Å². The number of fused-ring (bicyclic) bond motifs is 1. The highest BCUT2D eigenvalue weighted by Gasteiger charge is 2.45. The Balaban J connectivity index is 1.12. The molecule has 0 saturated carbocycles. The van der Waals surface area contributed by atoms with Crippen molar-refractivity contribution >= 4 is 40.7 Å². The summed E-state index contributed by atoms with van der Waals surface area (Å²) in [6.45, 7) is 12.2. The average molecular weight is 680 g/mol. The summed E-state index contributed by atoms with van der Waals surface area (Å²) in [5.41, 5.74) is 3.17. The van der Waals surface area contributed by atoms with Crippen LogP contribution in [0.25, 0.3) is 5.52 Å². The minimum absolute atomic E-state index is 0.0258. The summed E-state index contributed by atoms with van der Waals surface area (Å²) in [7, 11) is 1.35. The predicted molar refractivity (Wildman–Crippen MR) is 191 cm³/mol. The molecule has 3 aromatic heterocycles. The molecule has 0 bridgehead atoms. The zero-order valence-corrected chi connectivity index (χ0v) is 29.4. The molecule has 0 unspecified atom stereocenters. The lowest BCUT2D eigenvalue weighted by Gasteiger charge is -2.26. The van der Waals surface area contributed by atoms with Gasteiger partial charge in [0.05, 0.1) is 30.2 Å². The van der Waals surface area contributed by atoms with Crippen LogP contribution in [-0.2, 0) is 14.9 Å². The van der Waals surface area contributed by atoms with Gasteiger partial charge in [0.25, 0.3) is 5.91 Å². The molecule has 3 aliphatic heterocycles. The van der Waals surface area contributed by atoms with Gasteiger partial charge in [0.1, 0.15) is 11.4 Å². The van der Waals surface area contributed by atoms with Crippen molar-refractivity contribution in [2.24, 2.45) is 5.41 Å². The van der Waals surface area contributed by atoms with Gasteiger partial charge in [-0.2, -0.15) is 5.10 Å². The lowest BCUT2D eigenvalue weighted by molar-refractivity contribution is 0.0591. The fourth-order valence-corrected chi connectivity index (χ4v) is 7.68. The van der Waals surface area contributed by atoms with Crippen molar-refractivity contribution in [2.75, 3.05) is 61.5 Å². The third kappa shape index (κ3) is 6.58. The molecule has 2 atom stereocenters. The summed E-state index contributed by atoms with van der Waals surface area (Å²) in [5, 5.41) is 7.72. The van der Waals surface area contributed by atoms with Crippen LogP contribution in [0.4, 0.5) is 22.0 Å². The van der Waals surface area contributed by atoms with Crippen LogP contribution < -0.4 is 15.1 Å². The van der Waals surface area contributed by atoms with Gasteiger partial charge in [0, 0.05) is 50.1 Å². The van der Waals surface area contributed by atoms with Crippen LogP contribution in [0.3, 0.4) is 0 Å². The number of nitrogens with one attached hydrogen (secondary N) is 1. The number of likely N-dealkylation sites (tertiary alicyclic amines) is 1. The van der Waals surface area contributed by atoms with Crippen LogP contribution in [0.2, 0.25) is 0 Å². The number of hydrogen-bond acceptors (Lipinski definition) is 9. The van der Waals surface area contributed by atoms with Gasteiger partial charge in [0.15, 0.2) is 11.4 Å². The molecular formula is C38H45N7O5. The van der Waals surface area contributed by atoms with E-state index in [1.165, 1.54) is 12.7 Å². The van der Waals surface area contributed by atoms with Gasteiger partial charge in [-0.1, -0.05) is 43.3 Å². The van der Waals surface area contributed by atoms with E-state index in [9.17, 15) is 14.4 Å². The number of hydrogen-bond donors (Lipinski definition) is 1. The minimum atomic E-state index is -0.673. The Morgan fingerprint density at radius 1 is 0.860 bits per heavy atom. The molecule has 0 radical (unpaired) electrons. The first-order valence-corrected chi connectivity index (χ1v) is 17.3. The number of aromatic nitrogens is 3. The monoisotopic (exact) mass is 679 g/mol. The number of pyridine rings is 2. The number of rotatable bonds is 6. The summed E-state index contributed by atoms with van der Waals surface area (Å²) in [6, 6.07) is 19.6. The van der Waals surface area contributed by atoms with Gasteiger partial charge in [-0.3, -0.25) is 10.1 Å². The van der Waals surface area contributed by atoms with Crippen LogP contribution in [0, 0.1) is 5.41 Å². The molecule has 12 nitrogen and oxygen atoms in total. The Bertz CT molecular complexity index is 1940. The maximum absolute atomic E-state index is 14.0. The first-order valence-electron chi connectivity index (χ1n) is 17.3. The molecule has 6 heterocycles. The largest absolute Gasteiger partial charge is 0.464 e. The number of anilines is 3. The number of carbonyl (C=O) groups excluding carboxylic acids is 3. The van der Waals surface area contributed by atoms with E-state index in [0.29, 0.717) is 30.0 Å². The number of benzene rings is 1. The lowest BCUT2D eigenvalue weighted by Crippen LogP contribution is -2.34. The Hall–Kier alpha value is -5.13. The summed E-state index contributed by atoms with van der Waals surface area (Å²) in [6.07, 6.45) is 4.13. The van der Waals surface area contributed by atoms with Crippen LogP contribution in [-0.4, -0.2) is 89.4 Å². The molecule has 1 N–H and O–H groups in total. The maximum atomic E-state index is 14.0. The van der Waals surface area contributed by atoms with Crippen molar-refractivity contribution in [3.63, 3.8) is 0 Å². The van der Waals surface area contributed by atoms with E-state index in [2.05, 4.69) is 51.3 Å². The molecule has 2 amide bonds. The SMILES string of the molecule is COC(=O)c1cccc(N2CC[C@@]3(CCN(C(=O)c4cc5c(NC(=O)OC(C)(C)C)cc(N6CC[C@](C)(c7ccccc7)C6)cn5n4)C3)C2)n1. The van der Waals surface area contributed by atoms with E-state index in [1.54, 1.807) is 16.6 Å². The second kappa shape index (κ2) is 12.6. The average Bonchev–Trinajstić information content (AvgIpc) is 3.90. The molecular weight excluding hydrogens is 634 g/mol. The molecule has 50 heavy (non-hydrogen) atoms. The van der Waals surface area contributed by atoms with E-state index in [-0.39, 0.29) is 22.4 Å². The molecule has 12 heteroatoms. The van der Waals surface area contributed by atoms with Gasteiger partial charge in [0.2, 0.25) is 0 Å². The predicted octanol–water partition coefficient (Wildman–Crippen LogP) is 5.77. The van der Waals surface area contributed by atoms with Gasteiger partial charge < -0.3 is 24.2 Å². The number of ether oxygens (including phenoxy) is 2. The Morgan fingerprint density at radius 3 is 2.38 bits per heavy atom. The molecule has 1 aromatic carbocycles. The van der Waals surface area contributed by atoms with Crippen LogP contribution >= 0.6 is 0 Å². The van der Waals surface area contributed by atoms with Crippen molar-refractivity contribution in [3.8, 4) is 0 Å². The van der Waals surface area contributed by atoms with Crippen LogP contribution in [0.5, 0.6) is 0 Å². The van der Waals surface area contributed by atoms with Crippen molar-refractivity contribution < 1.29 is 23.9 Å². The normalized spacial score (nSPS) is 22.1. The first-order chi connectivity index (χ1) is 23.8. The van der Waals surface area contributed by atoms with E-state index < -0.39 is 17.7 Å². The Labute approximate surface area is 292 Å².